The second-order valence-electron chi connectivity index (χ2n) is 9.67. The zero-order valence-electron chi connectivity index (χ0n) is 22.7. The SMILES string of the molecule is CC(=O)CCC(=O)NCCCCOCCOCCOCCCNC(=O)CCCC[C@@H]1SC[C@@H]2NC(=O)N[C@@H]21. The molecule has 218 valence electrons. The molecule has 2 aliphatic rings. The average molecular weight is 559 g/mol. The molecule has 38 heavy (non-hydrogen) atoms. The molecule has 3 atom stereocenters. The highest BCUT2D eigenvalue weighted by atomic mass is 32.2. The van der Waals surface area contributed by atoms with Gasteiger partial charge in [-0.05, 0) is 39.0 Å². The summed E-state index contributed by atoms with van der Waals surface area (Å²) in [5.74, 6) is 0.989. The maximum Gasteiger partial charge on any atom is 0.315 e. The molecule has 0 unspecified atom stereocenters. The fourth-order valence-electron chi connectivity index (χ4n) is 4.24. The summed E-state index contributed by atoms with van der Waals surface area (Å²) in [4.78, 5) is 45.7. The van der Waals surface area contributed by atoms with Crippen molar-refractivity contribution in [2.45, 2.75) is 82.0 Å². The molecule has 2 rings (SSSR count). The summed E-state index contributed by atoms with van der Waals surface area (Å²) in [5, 5.41) is 12.1. The Balaban J connectivity index is 1.25. The molecule has 0 aromatic heterocycles. The Hall–Kier alpha value is -1.89. The summed E-state index contributed by atoms with van der Waals surface area (Å²) in [7, 11) is 0. The van der Waals surface area contributed by atoms with E-state index in [4.69, 9.17) is 14.2 Å². The second kappa shape index (κ2) is 20.1. The number of unbranched alkanes of at least 4 members (excludes halogenated alkanes) is 2. The minimum absolute atomic E-state index is 0.0270. The van der Waals surface area contributed by atoms with Crippen LogP contribution < -0.4 is 21.3 Å². The van der Waals surface area contributed by atoms with Gasteiger partial charge in [0.2, 0.25) is 11.8 Å². The van der Waals surface area contributed by atoms with Gasteiger partial charge in [0, 0.05) is 56.6 Å². The molecule has 2 saturated heterocycles. The van der Waals surface area contributed by atoms with Crippen molar-refractivity contribution >= 4 is 35.4 Å². The summed E-state index contributed by atoms with van der Waals surface area (Å²) in [6, 6.07) is 0.428. The van der Waals surface area contributed by atoms with Gasteiger partial charge >= 0.3 is 6.03 Å². The molecule has 2 aliphatic heterocycles. The predicted molar refractivity (Wildman–Crippen MR) is 146 cm³/mol. The molecular weight excluding hydrogens is 512 g/mol. The predicted octanol–water partition coefficient (Wildman–Crippen LogP) is 1.53. The lowest BCUT2D eigenvalue weighted by Crippen LogP contribution is -2.36. The van der Waals surface area contributed by atoms with Crippen LogP contribution in [0, 0.1) is 0 Å². The van der Waals surface area contributed by atoms with E-state index in [0.717, 1.165) is 44.3 Å². The second-order valence-corrected chi connectivity index (χ2v) is 10.9. The molecule has 2 heterocycles. The van der Waals surface area contributed by atoms with Crippen molar-refractivity contribution in [3.63, 3.8) is 0 Å². The Morgan fingerprint density at radius 2 is 1.42 bits per heavy atom. The van der Waals surface area contributed by atoms with Gasteiger partial charge in [0.25, 0.3) is 0 Å². The third-order valence-corrected chi connectivity index (χ3v) is 7.86. The number of hydrogen-bond donors (Lipinski definition) is 4. The van der Waals surface area contributed by atoms with E-state index in [2.05, 4.69) is 21.3 Å². The number of rotatable bonds is 23. The van der Waals surface area contributed by atoms with Crippen molar-refractivity contribution < 1.29 is 33.4 Å². The van der Waals surface area contributed by atoms with E-state index in [9.17, 15) is 19.2 Å². The third-order valence-electron chi connectivity index (χ3n) is 6.35. The van der Waals surface area contributed by atoms with Crippen LogP contribution in [0.4, 0.5) is 4.79 Å². The summed E-state index contributed by atoms with van der Waals surface area (Å²) in [6.07, 6.45) is 6.41. The summed E-state index contributed by atoms with van der Waals surface area (Å²) in [5.41, 5.74) is 0. The van der Waals surface area contributed by atoms with Gasteiger partial charge in [-0.25, -0.2) is 4.79 Å². The molecule has 0 radical (unpaired) electrons. The van der Waals surface area contributed by atoms with Crippen LogP contribution in [0.2, 0.25) is 0 Å². The minimum Gasteiger partial charge on any atom is -0.379 e. The fourth-order valence-corrected chi connectivity index (χ4v) is 5.78. The number of ketones is 1. The molecule has 11 nitrogen and oxygen atoms in total. The van der Waals surface area contributed by atoms with Crippen LogP contribution in [0.3, 0.4) is 0 Å². The number of Topliss-reactive ketones (excluding diaryl/α,β-unsaturated/α-hetero) is 1. The van der Waals surface area contributed by atoms with E-state index in [1.54, 1.807) is 0 Å². The Bertz CT molecular complexity index is 728. The van der Waals surface area contributed by atoms with Gasteiger partial charge in [0.15, 0.2) is 0 Å². The number of ether oxygens (including phenoxy) is 3. The van der Waals surface area contributed by atoms with Crippen molar-refractivity contribution in [2.24, 2.45) is 0 Å². The average Bonchev–Trinajstić information content (AvgIpc) is 3.44. The maximum atomic E-state index is 12.0. The normalized spacial score (nSPS) is 20.0. The van der Waals surface area contributed by atoms with Crippen LogP contribution in [0.25, 0.3) is 0 Å². The number of amides is 4. The van der Waals surface area contributed by atoms with Gasteiger partial charge in [-0.1, -0.05) is 6.42 Å². The third kappa shape index (κ3) is 14.9. The van der Waals surface area contributed by atoms with Gasteiger partial charge in [-0.3, -0.25) is 9.59 Å². The molecule has 0 bridgehead atoms. The van der Waals surface area contributed by atoms with Crippen molar-refractivity contribution in [2.75, 3.05) is 58.5 Å². The zero-order chi connectivity index (χ0) is 27.4. The number of nitrogens with one attached hydrogen (secondary N) is 4. The van der Waals surface area contributed by atoms with E-state index in [0.29, 0.717) is 70.8 Å². The first kappa shape index (κ1) is 32.3. The molecule has 4 amide bonds. The number of hydrogen-bond acceptors (Lipinski definition) is 8. The first-order valence-corrected chi connectivity index (χ1v) is 14.9. The highest BCUT2D eigenvalue weighted by molar-refractivity contribution is 8.00. The molecular formula is C26H46N4O7S. The molecule has 0 aliphatic carbocycles. The van der Waals surface area contributed by atoms with Gasteiger partial charge in [-0.15, -0.1) is 0 Å². The van der Waals surface area contributed by atoms with Gasteiger partial charge < -0.3 is 40.3 Å². The highest BCUT2D eigenvalue weighted by Crippen LogP contribution is 2.33. The number of carbonyl (C=O) groups is 4. The van der Waals surface area contributed by atoms with Crippen molar-refractivity contribution in [3.05, 3.63) is 0 Å². The van der Waals surface area contributed by atoms with Crippen LogP contribution in [-0.2, 0) is 28.6 Å². The van der Waals surface area contributed by atoms with E-state index in [1.807, 2.05) is 11.8 Å². The minimum atomic E-state index is -0.0826. The largest absolute Gasteiger partial charge is 0.379 e. The monoisotopic (exact) mass is 558 g/mol. The molecule has 0 spiro atoms. The van der Waals surface area contributed by atoms with Crippen LogP contribution in [0.1, 0.15) is 64.7 Å². The molecule has 0 saturated carbocycles. The van der Waals surface area contributed by atoms with Crippen LogP contribution >= 0.6 is 11.8 Å². The first-order chi connectivity index (χ1) is 18.5. The number of carbonyl (C=O) groups excluding carboxylic acids is 4. The van der Waals surface area contributed by atoms with Crippen molar-refractivity contribution in [1.29, 1.82) is 0 Å². The molecule has 0 aromatic carbocycles. The summed E-state index contributed by atoms with van der Waals surface area (Å²) in [6.45, 7) is 5.92. The van der Waals surface area contributed by atoms with Gasteiger partial charge in [0.1, 0.15) is 5.78 Å². The standard InChI is InChI=1S/C26H46N4O7S/c1-20(31)9-10-24(33)27-11-4-5-13-35-15-17-37-18-16-36-14-6-12-28-23(32)8-3-2-7-22-25-21(19-38-22)29-26(34)30-25/h21-22,25H,2-19H2,1H3,(H,27,33)(H,28,32)(H2,29,30,34)/t21-,22-,25-/m0/s1. The molecule has 2 fully saturated rings. The van der Waals surface area contributed by atoms with Gasteiger partial charge in [-0.2, -0.15) is 11.8 Å². The molecule has 4 N–H and O–H groups in total. The Labute approximate surface area is 230 Å². The number of thioether (sulfide) groups is 1. The quantitative estimate of drug-likeness (QED) is 0.109. The van der Waals surface area contributed by atoms with Gasteiger partial charge in [0.05, 0.1) is 38.5 Å². The fraction of sp³-hybridized carbons (Fsp3) is 0.846. The Kier molecular flexibility index (Phi) is 17.1. The number of fused-ring (bicyclic) bond motifs is 1. The van der Waals surface area contributed by atoms with E-state index < -0.39 is 0 Å². The summed E-state index contributed by atoms with van der Waals surface area (Å²) < 4.78 is 16.5. The van der Waals surface area contributed by atoms with E-state index >= 15 is 0 Å². The molecule has 0 aromatic rings. The molecule has 12 heteroatoms. The zero-order valence-corrected chi connectivity index (χ0v) is 23.5. The smallest absolute Gasteiger partial charge is 0.315 e. The Morgan fingerprint density at radius 3 is 2.13 bits per heavy atom. The topological polar surface area (TPSA) is 144 Å². The lowest BCUT2D eigenvalue weighted by atomic mass is 10.0. The van der Waals surface area contributed by atoms with Crippen molar-refractivity contribution in [3.8, 4) is 0 Å². The summed E-state index contributed by atoms with van der Waals surface area (Å²) >= 11 is 1.91. The lowest BCUT2D eigenvalue weighted by Gasteiger charge is -2.16. The van der Waals surface area contributed by atoms with E-state index in [-0.39, 0.29) is 42.1 Å². The Morgan fingerprint density at radius 1 is 0.789 bits per heavy atom. The van der Waals surface area contributed by atoms with Crippen LogP contribution in [0.5, 0.6) is 0 Å². The highest BCUT2D eigenvalue weighted by Gasteiger charge is 2.42. The van der Waals surface area contributed by atoms with E-state index in [1.165, 1.54) is 6.92 Å². The van der Waals surface area contributed by atoms with Crippen molar-refractivity contribution in [1.82, 2.24) is 21.3 Å². The maximum absolute atomic E-state index is 12.0. The van der Waals surface area contributed by atoms with Crippen LogP contribution in [-0.4, -0.2) is 99.4 Å². The lowest BCUT2D eigenvalue weighted by molar-refractivity contribution is -0.124. The first-order valence-electron chi connectivity index (χ1n) is 13.9. The number of urea groups is 1. The van der Waals surface area contributed by atoms with Crippen LogP contribution in [0.15, 0.2) is 0 Å².